The molecule has 0 saturated carbocycles. The standard InChI is InChI=1S/C19H23ClN2O2/c20-17-10-4-3-9-16(17)18(23)21-12-14-6-5-11-22(13-14)19(24)15-7-1-2-8-15/h3-4,7,9-10,14H,1-2,5-6,8,11-13H2,(H,21,23). The van der Waals surface area contributed by atoms with Gasteiger partial charge in [-0.05, 0) is 50.2 Å². The molecule has 3 rings (SSSR count). The highest BCUT2D eigenvalue weighted by molar-refractivity contribution is 6.33. The van der Waals surface area contributed by atoms with Crippen LogP contribution in [0, 0.1) is 5.92 Å². The molecule has 1 fully saturated rings. The number of likely N-dealkylation sites (tertiary alicyclic amines) is 1. The second-order valence-electron chi connectivity index (χ2n) is 6.57. The van der Waals surface area contributed by atoms with Gasteiger partial charge in [0.2, 0.25) is 5.91 Å². The van der Waals surface area contributed by atoms with Gasteiger partial charge in [0.15, 0.2) is 0 Å². The minimum absolute atomic E-state index is 0.150. The zero-order chi connectivity index (χ0) is 16.9. The Morgan fingerprint density at radius 3 is 2.83 bits per heavy atom. The number of hydrogen-bond donors (Lipinski definition) is 1. The molecule has 2 aliphatic rings. The number of nitrogens with one attached hydrogen (secondary N) is 1. The Morgan fingerprint density at radius 1 is 1.25 bits per heavy atom. The normalized spacial score (nSPS) is 20.6. The molecule has 0 bridgehead atoms. The Hall–Kier alpha value is -1.81. The van der Waals surface area contributed by atoms with Gasteiger partial charge in [0.25, 0.3) is 5.91 Å². The van der Waals surface area contributed by atoms with Crippen molar-refractivity contribution in [1.29, 1.82) is 0 Å². The van der Waals surface area contributed by atoms with Gasteiger partial charge in [-0.25, -0.2) is 0 Å². The van der Waals surface area contributed by atoms with Crippen LogP contribution in [0.1, 0.15) is 42.5 Å². The summed E-state index contributed by atoms with van der Waals surface area (Å²) in [6.45, 7) is 2.12. The average Bonchev–Trinajstić information content (AvgIpc) is 3.14. The Labute approximate surface area is 147 Å². The second-order valence-corrected chi connectivity index (χ2v) is 6.98. The Kier molecular flexibility index (Phi) is 5.56. The van der Waals surface area contributed by atoms with E-state index in [0.29, 0.717) is 23.0 Å². The number of carbonyl (C=O) groups is 2. The molecule has 1 aromatic rings. The SMILES string of the molecule is O=C(NCC1CCCN(C(=O)C2=CCCC2)C1)c1ccccc1Cl. The van der Waals surface area contributed by atoms with Crippen LogP contribution in [-0.2, 0) is 4.79 Å². The van der Waals surface area contributed by atoms with Gasteiger partial charge >= 0.3 is 0 Å². The van der Waals surface area contributed by atoms with E-state index < -0.39 is 0 Å². The van der Waals surface area contributed by atoms with Gasteiger partial charge < -0.3 is 10.2 Å². The highest BCUT2D eigenvalue weighted by atomic mass is 35.5. The maximum Gasteiger partial charge on any atom is 0.252 e. The van der Waals surface area contributed by atoms with Crippen molar-refractivity contribution >= 4 is 23.4 Å². The van der Waals surface area contributed by atoms with E-state index in [1.807, 2.05) is 4.90 Å². The fourth-order valence-corrected chi connectivity index (χ4v) is 3.68. The third-order valence-corrected chi connectivity index (χ3v) is 5.12. The lowest BCUT2D eigenvalue weighted by molar-refractivity contribution is -0.128. The molecule has 1 N–H and O–H groups in total. The van der Waals surface area contributed by atoms with Crippen LogP contribution in [-0.4, -0.2) is 36.3 Å². The second kappa shape index (κ2) is 7.84. The lowest BCUT2D eigenvalue weighted by Gasteiger charge is -2.33. The van der Waals surface area contributed by atoms with Crippen LogP contribution in [0.4, 0.5) is 0 Å². The third-order valence-electron chi connectivity index (χ3n) is 4.79. The molecular weight excluding hydrogens is 324 g/mol. The van der Waals surface area contributed by atoms with E-state index >= 15 is 0 Å². The van der Waals surface area contributed by atoms with Gasteiger partial charge in [-0.3, -0.25) is 9.59 Å². The molecule has 0 spiro atoms. The van der Waals surface area contributed by atoms with Crippen LogP contribution < -0.4 is 5.32 Å². The molecule has 1 aliphatic carbocycles. The first-order valence-corrected chi connectivity index (χ1v) is 9.04. The van der Waals surface area contributed by atoms with E-state index in [2.05, 4.69) is 11.4 Å². The number of halogens is 1. The summed E-state index contributed by atoms with van der Waals surface area (Å²) in [6.07, 6.45) is 7.12. The number of benzene rings is 1. The van der Waals surface area contributed by atoms with E-state index in [1.54, 1.807) is 24.3 Å². The van der Waals surface area contributed by atoms with Crippen molar-refractivity contribution in [3.8, 4) is 0 Å². The van der Waals surface area contributed by atoms with Crippen molar-refractivity contribution in [2.75, 3.05) is 19.6 Å². The summed E-state index contributed by atoms with van der Waals surface area (Å²) in [5.74, 6) is 0.341. The minimum atomic E-state index is -0.150. The Balaban J connectivity index is 1.53. The summed E-state index contributed by atoms with van der Waals surface area (Å²) in [6, 6.07) is 7.05. The van der Waals surface area contributed by atoms with Gasteiger partial charge in [-0.1, -0.05) is 29.8 Å². The minimum Gasteiger partial charge on any atom is -0.352 e. The topological polar surface area (TPSA) is 49.4 Å². The molecular formula is C19H23ClN2O2. The van der Waals surface area contributed by atoms with Crippen LogP contribution >= 0.6 is 11.6 Å². The number of carbonyl (C=O) groups excluding carboxylic acids is 2. The summed E-state index contributed by atoms with van der Waals surface area (Å²) < 4.78 is 0. The van der Waals surface area contributed by atoms with Crippen LogP contribution in [0.25, 0.3) is 0 Å². The number of allylic oxidation sites excluding steroid dienone is 1. The van der Waals surface area contributed by atoms with Crippen molar-refractivity contribution in [3.63, 3.8) is 0 Å². The predicted molar refractivity (Wildman–Crippen MR) is 95.0 cm³/mol. The van der Waals surface area contributed by atoms with Gasteiger partial charge in [-0.2, -0.15) is 0 Å². The zero-order valence-electron chi connectivity index (χ0n) is 13.8. The monoisotopic (exact) mass is 346 g/mol. The van der Waals surface area contributed by atoms with Crippen LogP contribution in [0.3, 0.4) is 0 Å². The molecule has 24 heavy (non-hydrogen) atoms. The molecule has 1 unspecified atom stereocenters. The molecule has 4 nitrogen and oxygen atoms in total. The van der Waals surface area contributed by atoms with E-state index in [0.717, 1.165) is 50.8 Å². The van der Waals surface area contributed by atoms with Crippen molar-refractivity contribution < 1.29 is 9.59 Å². The van der Waals surface area contributed by atoms with Crippen molar-refractivity contribution in [1.82, 2.24) is 10.2 Å². The maximum atomic E-state index is 12.5. The lowest BCUT2D eigenvalue weighted by atomic mass is 9.97. The molecule has 0 radical (unpaired) electrons. The van der Waals surface area contributed by atoms with Crippen LogP contribution in [0.2, 0.25) is 5.02 Å². The molecule has 5 heteroatoms. The van der Waals surface area contributed by atoms with E-state index in [4.69, 9.17) is 11.6 Å². The van der Waals surface area contributed by atoms with Crippen molar-refractivity contribution in [2.45, 2.75) is 32.1 Å². The largest absolute Gasteiger partial charge is 0.352 e. The number of nitrogens with zero attached hydrogens (tertiary/aromatic N) is 1. The number of hydrogen-bond acceptors (Lipinski definition) is 2. The van der Waals surface area contributed by atoms with Crippen molar-refractivity contribution in [3.05, 3.63) is 46.5 Å². The lowest BCUT2D eigenvalue weighted by Crippen LogP contribution is -2.44. The smallest absolute Gasteiger partial charge is 0.252 e. The highest BCUT2D eigenvalue weighted by Gasteiger charge is 2.26. The first-order chi connectivity index (χ1) is 11.6. The van der Waals surface area contributed by atoms with Crippen molar-refractivity contribution in [2.24, 2.45) is 5.92 Å². The number of rotatable bonds is 4. The summed E-state index contributed by atoms with van der Waals surface area (Å²) in [4.78, 5) is 26.7. The molecule has 1 aliphatic heterocycles. The molecule has 128 valence electrons. The molecule has 1 atom stereocenters. The van der Waals surface area contributed by atoms with Gasteiger partial charge in [0, 0.05) is 25.2 Å². The Morgan fingerprint density at radius 2 is 2.08 bits per heavy atom. The van der Waals surface area contributed by atoms with E-state index in [9.17, 15) is 9.59 Å². The molecule has 1 saturated heterocycles. The molecule has 2 amide bonds. The first kappa shape index (κ1) is 17.0. The molecule has 0 aromatic heterocycles. The van der Waals surface area contributed by atoms with Crippen LogP contribution in [0.15, 0.2) is 35.9 Å². The quantitative estimate of drug-likeness (QED) is 0.908. The van der Waals surface area contributed by atoms with Crippen LogP contribution in [0.5, 0.6) is 0 Å². The predicted octanol–water partition coefficient (Wildman–Crippen LogP) is 3.42. The zero-order valence-corrected chi connectivity index (χ0v) is 14.5. The van der Waals surface area contributed by atoms with Gasteiger partial charge in [-0.15, -0.1) is 0 Å². The summed E-state index contributed by atoms with van der Waals surface area (Å²) in [5.41, 5.74) is 1.47. The summed E-state index contributed by atoms with van der Waals surface area (Å²) >= 11 is 6.06. The third kappa shape index (κ3) is 3.99. The summed E-state index contributed by atoms with van der Waals surface area (Å²) in [7, 11) is 0. The maximum absolute atomic E-state index is 12.5. The van der Waals surface area contributed by atoms with E-state index in [1.165, 1.54) is 0 Å². The number of piperidine rings is 1. The first-order valence-electron chi connectivity index (χ1n) is 8.66. The van der Waals surface area contributed by atoms with E-state index in [-0.39, 0.29) is 11.8 Å². The van der Waals surface area contributed by atoms with Gasteiger partial charge in [0.1, 0.15) is 0 Å². The molecule has 1 aromatic carbocycles. The average molecular weight is 347 g/mol. The fraction of sp³-hybridized carbons (Fsp3) is 0.474. The molecule has 1 heterocycles. The fourth-order valence-electron chi connectivity index (χ4n) is 3.46. The Bertz CT molecular complexity index is 657. The summed E-state index contributed by atoms with van der Waals surface area (Å²) in [5, 5.41) is 3.42. The van der Waals surface area contributed by atoms with Gasteiger partial charge in [0.05, 0.1) is 10.6 Å². The number of amides is 2. The highest BCUT2D eigenvalue weighted by Crippen LogP contribution is 2.23.